The summed E-state index contributed by atoms with van der Waals surface area (Å²) in [5.74, 6) is 7.24. The Morgan fingerprint density at radius 1 is 1.39 bits per heavy atom. The minimum Gasteiger partial charge on any atom is -0.488 e. The molecule has 0 fully saturated rings. The van der Waals surface area contributed by atoms with E-state index in [9.17, 15) is 0 Å². The Bertz CT molecular complexity index is 695. The highest BCUT2D eigenvalue weighted by molar-refractivity contribution is 6.39. The second-order valence-corrected chi connectivity index (χ2v) is 6.71. The molecule has 0 aromatic heterocycles. The topological polar surface area (TPSA) is 50.8 Å². The van der Waals surface area contributed by atoms with E-state index < -0.39 is 0 Å². The number of hydrogen-bond acceptors (Lipinski definition) is 4. The van der Waals surface area contributed by atoms with Crippen LogP contribution in [-0.4, -0.2) is 31.4 Å². The zero-order chi connectivity index (χ0) is 16.4. The van der Waals surface area contributed by atoms with E-state index >= 15 is 0 Å². The van der Waals surface area contributed by atoms with Gasteiger partial charge >= 0.3 is 0 Å². The van der Waals surface area contributed by atoms with Crippen LogP contribution < -0.4 is 10.6 Å². The van der Waals surface area contributed by atoms with Gasteiger partial charge in [0.15, 0.2) is 0 Å². The number of halogens is 2. The van der Waals surface area contributed by atoms with E-state index in [1.54, 1.807) is 11.2 Å². The maximum absolute atomic E-state index is 6.13. The summed E-state index contributed by atoms with van der Waals surface area (Å²) in [6.07, 6.45) is 5.61. The number of dihydropyridines is 1. The monoisotopic (exact) mass is 351 g/mol. The summed E-state index contributed by atoms with van der Waals surface area (Å²) in [4.78, 5) is 4.28. The molecule has 4 nitrogen and oxygen atoms in total. The number of nitrogens with zero attached hydrogens (tertiary/aromatic N) is 2. The molecule has 3 rings (SSSR count). The van der Waals surface area contributed by atoms with Crippen LogP contribution in [0.3, 0.4) is 0 Å². The highest BCUT2D eigenvalue weighted by Gasteiger charge is 2.23. The Kier molecular flexibility index (Phi) is 4.95. The molecular formula is C17H19Cl2N3O. The summed E-state index contributed by atoms with van der Waals surface area (Å²) >= 11 is 12.2. The van der Waals surface area contributed by atoms with Crippen LogP contribution in [0.25, 0.3) is 5.70 Å². The summed E-state index contributed by atoms with van der Waals surface area (Å²) in [5.41, 5.74) is 3.10. The number of nitrogens with two attached hydrogens (primary N) is 1. The molecular weight excluding hydrogens is 333 g/mol. The molecule has 0 amide bonds. The van der Waals surface area contributed by atoms with E-state index in [-0.39, 0.29) is 0 Å². The summed E-state index contributed by atoms with van der Waals surface area (Å²) in [6.45, 7) is 1.32. The van der Waals surface area contributed by atoms with Crippen molar-refractivity contribution in [3.8, 4) is 5.75 Å². The molecule has 1 aromatic rings. The molecule has 1 aromatic carbocycles. The molecule has 1 unspecified atom stereocenters. The van der Waals surface area contributed by atoms with Crippen molar-refractivity contribution in [3.05, 3.63) is 45.5 Å². The second-order valence-electron chi connectivity index (χ2n) is 5.84. The third-order valence-electron chi connectivity index (χ3n) is 4.05. The largest absolute Gasteiger partial charge is 0.488 e. The van der Waals surface area contributed by atoms with Crippen molar-refractivity contribution < 1.29 is 4.74 Å². The van der Waals surface area contributed by atoms with Crippen LogP contribution in [0, 0.1) is 5.92 Å². The summed E-state index contributed by atoms with van der Waals surface area (Å²) in [7, 11) is 1.84. The molecule has 0 saturated carbocycles. The first-order valence-corrected chi connectivity index (χ1v) is 8.30. The van der Waals surface area contributed by atoms with E-state index in [1.807, 2.05) is 25.2 Å². The number of benzene rings is 1. The first-order chi connectivity index (χ1) is 11.0. The molecule has 2 heterocycles. The zero-order valence-corrected chi connectivity index (χ0v) is 14.4. The molecule has 2 aliphatic heterocycles. The van der Waals surface area contributed by atoms with Crippen LogP contribution in [0.5, 0.6) is 5.75 Å². The van der Waals surface area contributed by atoms with Gasteiger partial charge in [-0.05, 0) is 42.5 Å². The minimum atomic E-state index is 0.352. The number of rotatable bonds is 4. The van der Waals surface area contributed by atoms with E-state index in [0.29, 0.717) is 22.6 Å². The van der Waals surface area contributed by atoms with Gasteiger partial charge in [-0.1, -0.05) is 29.3 Å². The molecule has 0 radical (unpaired) electrons. The highest BCUT2D eigenvalue weighted by Crippen LogP contribution is 2.37. The van der Waals surface area contributed by atoms with Crippen LogP contribution in [0.4, 0.5) is 0 Å². The molecule has 0 spiro atoms. The third-order valence-corrected chi connectivity index (χ3v) is 4.51. The zero-order valence-electron chi connectivity index (χ0n) is 12.9. The third kappa shape index (κ3) is 3.71. The van der Waals surface area contributed by atoms with Crippen molar-refractivity contribution in [2.45, 2.75) is 12.8 Å². The van der Waals surface area contributed by atoms with Gasteiger partial charge in [0.1, 0.15) is 12.4 Å². The highest BCUT2D eigenvalue weighted by atomic mass is 35.5. The van der Waals surface area contributed by atoms with E-state index in [0.717, 1.165) is 36.4 Å². The molecule has 2 aliphatic rings. The molecule has 122 valence electrons. The van der Waals surface area contributed by atoms with Crippen molar-refractivity contribution in [2.24, 2.45) is 16.8 Å². The Balaban J connectivity index is 1.84. The van der Waals surface area contributed by atoms with Gasteiger partial charge in [0.05, 0.1) is 10.7 Å². The number of aliphatic imine (C=N–C) groups is 1. The van der Waals surface area contributed by atoms with Gasteiger partial charge in [-0.15, -0.1) is 0 Å². The smallest absolute Gasteiger partial charge is 0.129 e. The number of hydrogen-bond donors (Lipinski definition) is 1. The molecule has 0 aliphatic carbocycles. The Hall–Kier alpha value is -1.49. The predicted molar refractivity (Wildman–Crippen MR) is 95.8 cm³/mol. The fourth-order valence-electron chi connectivity index (χ4n) is 3.00. The second kappa shape index (κ2) is 6.95. The lowest BCUT2D eigenvalue weighted by Gasteiger charge is -2.29. The van der Waals surface area contributed by atoms with Gasteiger partial charge in [-0.25, -0.2) is 5.84 Å². The Morgan fingerprint density at radius 3 is 2.96 bits per heavy atom. The van der Waals surface area contributed by atoms with E-state index in [4.69, 9.17) is 33.8 Å². The van der Waals surface area contributed by atoms with Gasteiger partial charge in [0, 0.05) is 30.4 Å². The maximum Gasteiger partial charge on any atom is 0.129 e. The lowest BCUT2D eigenvalue weighted by molar-refractivity contribution is 0.329. The van der Waals surface area contributed by atoms with Gasteiger partial charge in [0.25, 0.3) is 0 Å². The molecule has 2 N–H and O–H groups in total. The number of fused-ring (bicyclic) bond motifs is 1. The first-order valence-electron chi connectivity index (χ1n) is 7.55. The van der Waals surface area contributed by atoms with Crippen LogP contribution in [0.15, 0.2) is 39.9 Å². The lowest BCUT2D eigenvalue weighted by atomic mass is 9.94. The average Bonchev–Trinajstić information content (AvgIpc) is 2.52. The van der Waals surface area contributed by atoms with Crippen molar-refractivity contribution in [2.75, 3.05) is 20.2 Å². The molecule has 0 saturated heterocycles. The first kappa shape index (κ1) is 16.4. The van der Waals surface area contributed by atoms with Crippen LogP contribution in [0.2, 0.25) is 5.02 Å². The standard InChI is InChI=1S/C17H19Cl2N3O/c1-22(20)17-12(3-2-11-6-14(19)9-21-8-11)10-23-16-5-4-13(18)7-15(16)17/h4-7,9,11H,2-3,8,10,20H2,1H3. The minimum absolute atomic E-state index is 0.352. The van der Waals surface area contributed by atoms with Crippen molar-refractivity contribution in [3.63, 3.8) is 0 Å². The van der Waals surface area contributed by atoms with Crippen LogP contribution in [0.1, 0.15) is 18.4 Å². The predicted octanol–water partition coefficient (Wildman–Crippen LogP) is 3.85. The summed E-state index contributed by atoms with van der Waals surface area (Å²) in [6, 6.07) is 5.61. The molecule has 0 bridgehead atoms. The lowest BCUT2D eigenvalue weighted by Crippen LogP contribution is -2.29. The van der Waals surface area contributed by atoms with Gasteiger partial charge in [-0.3, -0.25) is 4.99 Å². The van der Waals surface area contributed by atoms with E-state index in [2.05, 4.69) is 11.1 Å². The van der Waals surface area contributed by atoms with E-state index in [1.165, 1.54) is 5.57 Å². The fraction of sp³-hybridized carbons (Fsp3) is 0.353. The molecule has 1 atom stereocenters. The quantitative estimate of drug-likeness (QED) is 0.661. The Labute approximate surface area is 146 Å². The number of allylic oxidation sites excluding steroid dienone is 1. The molecule has 6 heteroatoms. The maximum atomic E-state index is 6.13. The summed E-state index contributed by atoms with van der Waals surface area (Å²) < 4.78 is 5.86. The van der Waals surface area contributed by atoms with Crippen LogP contribution in [-0.2, 0) is 0 Å². The normalized spacial score (nSPS) is 20.0. The fourth-order valence-corrected chi connectivity index (χ4v) is 3.42. The number of ether oxygens (including phenoxy) is 1. The SMILES string of the molecule is CN(N)C1=C(CCC2C=C(Cl)C=NC2)COc2ccc(Cl)cc21. The van der Waals surface area contributed by atoms with Crippen LogP contribution >= 0.6 is 23.2 Å². The van der Waals surface area contributed by atoms with Crippen molar-refractivity contribution in [1.29, 1.82) is 0 Å². The van der Waals surface area contributed by atoms with Gasteiger partial charge in [0.2, 0.25) is 0 Å². The van der Waals surface area contributed by atoms with Gasteiger partial charge in [-0.2, -0.15) is 0 Å². The van der Waals surface area contributed by atoms with Crippen molar-refractivity contribution in [1.82, 2.24) is 5.01 Å². The summed E-state index contributed by atoms with van der Waals surface area (Å²) in [5, 5.41) is 3.03. The number of hydrazine groups is 1. The Morgan fingerprint density at radius 2 is 2.22 bits per heavy atom. The molecule has 23 heavy (non-hydrogen) atoms. The van der Waals surface area contributed by atoms with Gasteiger partial charge < -0.3 is 9.75 Å². The average molecular weight is 352 g/mol. The van der Waals surface area contributed by atoms with Crippen molar-refractivity contribution >= 4 is 35.1 Å².